The summed E-state index contributed by atoms with van der Waals surface area (Å²) >= 11 is 0. The molecule has 1 fully saturated rings. The van der Waals surface area contributed by atoms with Gasteiger partial charge in [-0.15, -0.1) is 0 Å². The molecule has 2 aromatic carbocycles. The summed E-state index contributed by atoms with van der Waals surface area (Å²) in [6, 6.07) is 19.8. The number of aromatic nitrogens is 2. The van der Waals surface area contributed by atoms with Crippen LogP contribution >= 0.6 is 0 Å². The standard InChI is InChI=1S/C24H25N3O3/c1-30-24(29)20-12-14-26(15-13-20)23(28)21-17-27(16-18-8-4-2-5-9-18)25-22(21)19-10-6-3-7-11-19/h2-11,17,20H,12-16H2,1H3. The van der Waals surface area contributed by atoms with Gasteiger partial charge in [0.2, 0.25) is 0 Å². The van der Waals surface area contributed by atoms with Crippen LogP contribution in [0.4, 0.5) is 0 Å². The van der Waals surface area contributed by atoms with Crippen molar-refractivity contribution in [3.8, 4) is 11.3 Å². The molecule has 1 aromatic heterocycles. The minimum atomic E-state index is -0.192. The predicted octanol–water partition coefficient (Wildman–Crippen LogP) is 3.62. The molecule has 1 aliphatic rings. The van der Waals surface area contributed by atoms with Crippen molar-refractivity contribution < 1.29 is 14.3 Å². The number of carbonyl (C=O) groups excluding carboxylic acids is 2. The number of carbonyl (C=O) groups is 2. The molecule has 0 saturated carbocycles. The van der Waals surface area contributed by atoms with Crippen LogP contribution in [-0.2, 0) is 16.1 Å². The lowest BCUT2D eigenvalue weighted by Crippen LogP contribution is -2.40. The molecular formula is C24H25N3O3. The van der Waals surface area contributed by atoms with Gasteiger partial charge in [0, 0.05) is 24.8 Å². The van der Waals surface area contributed by atoms with Crippen molar-refractivity contribution in [2.75, 3.05) is 20.2 Å². The van der Waals surface area contributed by atoms with Gasteiger partial charge >= 0.3 is 5.97 Å². The van der Waals surface area contributed by atoms with E-state index in [1.165, 1.54) is 7.11 Å². The van der Waals surface area contributed by atoms with Gasteiger partial charge in [0.05, 0.1) is 25.1 Å². The first-order valence-electron chi connectivity index (χ1n) is 10.2. The van der Waals surface area contributed by atoms with Crippen molar-refractivity contribution >= 4 is 11.9 Å². The van der Waals surface area contributed by atoms with Gasteiger partial charge in [-0.3, -0.25) is 14.3 Å². The molecule has 6 heteroatoms. The Morgan fingerprint density at radius 3 is 2.27 bits per heavy atom. The molecule has 0 bridgehead atoms. The van der Waals surface area contributed by atoms with E-state index in [1.807, 2.05) is 76.4 Å². The smallest absolute Gasteiger partial charge is 0.308 e. The number of hydrogen-bond acceptors (Lipinski definition) is 4. The molecule has 0 spiro atoms. The number of amides is 1. The van der Waals surface area contributed by atoms with Crippen molar-refractivity contribution in [1.29, 1.82) is 0 Å². The van der Waals surface area contributed by atoms with Crippen molar-refractivity contribution in [1.82, 2.24) is 14.7 Å². The number of nitrogens with zero attached hydrogens (tertiary/aromatic N) is 3. The van der Waals surface area contributed by atoms with E-state index >= 15 is 0 Å². The number of esters is 1. The van der Waals surface area contributed by atoms with Gasteiger partial charge < -0.3 is 9.64 Å². The van der Waals surface area contributed by atoms with Crippen LogP contribution < -0.4 is 0 Å². The molecule has 0 aliphatic carbocycles. The van der Waals surface area contributed by atoms with Crippen LogP contribution in [-0.4, -0.2) is 46.8 Å². The third-order valence-electron chi connectivity index (χ3n) is 5.54. The van der Waals surface area contributed by atoms with Gasteiger partial charge in [-0.1, -0.05) is 60.7 Å². The Hall–Kier alpha value is -3.41. The molecule has 6 nitrogen and oxygen atoms in total. The molecule has 30 heavy (non-hydrogen) atoms. The lowest BCUT2D eigenvalue weighted by molar-refractivity contribution is -0.146. The van der Waals surface area contributed by atoms with Crippen molar-refractivity contribution in [3.05, 3.63) is 78.0 Å². The van der Waals surface area contributed by atoms with Crippen LogP contribution in [0.15, 0.2) is 66.9 Å². The number of hydrogen-bond donors (Lipinski definition) is 0. The minimum Gasteiger partial charge on any atom is -0.469 e. The highest BCUT2D eigenvalue weighted by atomic mass is 16.5. The van der Waals surface area contributed by atoms with Crippen molar-refractivity contribution in [2.24, 2.45) is 5.92 Å². The molecular weight excluding hydrogens is 378 g/mol. The fourth-order valence-electron chi connectivity index (χ4n) is 3.89. The zero-order valence-corrected chi connectivity index (χ0v) is 17.0. The first-order valence-corrected chi connectivity index (χ1v) is 10.2. The van der Waals surface area contributed by atoms with Crippen LogP contribution in [0.5, 0.6) is 0 Å². The summed E-state index contributed by atoms with van der Waals surface area (Å²) in [4.78, 5) is 27.0. The molecule has 1 aliphatic heterocycles. The van der Waals surface area contributed by atoms with E-state index in [2.05, 4.69) is 0 Å². The monoisotopic (exact) mass is 403 g/mol. The third-order valence-corrected chi connectivity index (χ3v) is 5.54. The SMILES string of the molecule is COC(=O)C1CCN(C(=O)c2cn(Cc3ccccc3)nc2-c2ccccc2)CC1. The van der Waals surface area contributed by atoms with E-state index in [-0.39, 0.29) is 17.8 Å². The summed E-state index contributed by atoms with van der Waals surface area (Å²) in [7, 11) is 1.41. The fraction of sp³-hybridized carbons (Fsp3) is 0.292. The van der Waals surface area contributed by atoms with Crippen LogP contribution in [0, 0.1) is 5.92 Å². The van der Waals surface area contributed by atoms with Crippen LogP contribution in [0.2, 0.25) is 0 Å². The van der Waals surface area contributed by atoms with Gasteiger partial charge in [0.25, 0.3) is 5.91 Å². The summed E-state index contributed by atoms with van der Waals surface area (Å²) < 4.78 is 6.68. The number of rotatable bonds is 5. The van der Waals surface area contributed by atoms with Gasteiger partial charge in [-0.05, 0) is 18.4 Å². The molecule has 0 unspecified atom stereocenters. The summed E-state index contributed by atoms with van der Waals surface area (Å²) in [6.07, 6.45) is 3.08. The molecule has 1 saturated heterocycles. The zero-order valence-electron chi connectivity index (χ0n) is 17.0. The molecule has 2 heterocycles. The lowest BCUT2D eigenvalue weighted by atomic mass is 9.96. The Morgan fingerprint density at radius 1 is 1.00 bits per heavy atom. The van der Waals surface area contributed by atoms with Gasteiger partial charge in [0.15, 0.2) is 0 Å². The Balaban J connectivity index is 1.59. The largest absolute Gasteiger partial charge is 0.469 e. The first-order chi connectivity index (χ1) is 14.7. The van der Waals surface area contributed by atoms with Crippen LogP contribution in [0.1, 0.15) is 28.8 Å². The van der Waals surface area contributed by atoms with E-state index < -0.39 is 0 Å². The maximum absolute atomic E-state index is 13.4. The van der Waals surface area contributed by atoms with E-state index in [0.29, 0.717) is 43.7 Å². The number of likely N-dealkylation sites (tertiary alicyclic amines) is 1. The average Bonchev–Trinajstić information content (AvgIpc) is 3.23. The Bertz CT molecular complexity index is 1010. The Morgan fingerprint density at radius 2 is 1.63 bits per heavy atom. The van der Waals surface area contributed by atoms with Crippen molar-refractivity contribution in [2.45, 2.75) is 19.4 Å². The quantitative estimate of drug-likeness (QED) is 0.611. The molecule has 0 N–H and O–H groups in total. The second kappa shape index (κ2) is 8.95. The number of methoxy groups -OCH3 is 1. The summed E-state index contributed by atoms with van der Waals surface area (Å²) in [5, 5.41) is 4.74. The van der Waals surface area contributed by atoms with Crippen LogP contribution in [0.3, 0.4) is 0 Å². The minimum absolute atomic E-state index is 0.0449. The molecule has 1 amide bonds. The zero-order chi connectivity index (χ0) is 20.9. The number of piperidine rings is 1. The summed E-state index contributed by atoms with van der Waals surface area (Å²) in [6.45, 7) is 1.67. The van der Waals surface area contributed by atoms with Gasteiger partial charge in [-0.25, -0.2) is 0 Å². The van der Waals surface area contributed by atoms with E-state index in [0.717, 1.165) is 11.1 Å². The third kappa shape index (κ3) is 4.27. The van der Waals surface area contributed by atoms with E-state index in [1.54, 1.807) is 0 Å². The van der Waals surface area contributed by atoms with Gasteiger partial charge in [0.1, 0.15) is 5.69 Å². The van der Waals surface area contributed by atoms with Crippen LogP contribution in [0.25, 0.3) is 11.3 Å². The molecule has 154 valence electrons. The fourth-order valence-corrected chi connectivity index (χ4v) is 3.89. The lowest BCUT2D eigenvalue weighted by Gasteiger charge is -2.30. The first kappa shape index (κ1) is 19.9. The molecule has 0 atom stereocenters. The summed E-state index contributed by atoms with van der Waals surface area (Å²) in [5.74, 6) is -0.368. The Kier molecular flexibility index (Phi) is 5.93. The second-order valence-electron chi connectivity index (χ2n) is 7.53. The highest BCUT2D eigenvalue weighted by molar-refractivity contribution is 6.00. The maximum Gasteiger partial charge on any atom is 0.308 e. The number of ether oxygens (including phenoxy) is 1. The van der Waals surface area contributed by atoms with E-state index in [9.17, 15) is 9.59 Å². The van der Waals surface area contributed by atoms with Crippen molar-refractivity contribution in [3.63, 3.8) is 0 Å². The predicted molar refractivity (Wildman–Crippen MR) is 114 cm³/mol. The highest BCUT2D eigenvalue weighted by Gasteiger charge is 2.30. The van der Waals surface area contributed by atoms with E-state index in [4.69, 9.17) is 9.84 Å². The molecule has 3 aromatic rings. The maximum atomic E-state index is 13.4. The normalized spacial score (nSPS) is 14.5. The highest BCUT2D eigenvalue weighted by Crippen LogP contribution is 2.26. The second-order valence-corrected chi connectivity index (χ2v) is 7.53. The molecule has 4 rings (SSSR count). The molecule has 0 radical (unpaired) electrons. The number of benzene rings is 2. The Labute approximate surface area is 176 Å². The van der Waals surface area contributed by atoms with Gasteiger partial charge in [-0.2, -0.15) is 5.10 Å². The summed E-state index contributed by atoms with van der Waals surface area (Å²) in [5.41, 5.74) is 3.31. The topological polar surface area (TPSA) is 64.4 Å². The average molecular weight is 403 g/mol.